The van der Waals surface area contributed by atoms with Crippen molar-refractivity contribution in [1.82, 2.24) is 4.90 Å². The lowest BCUT2D eigenvalue weighted by Gasteiger charge is -2.26. The second-order valence-electron chi connectivity index (χ2n) is 7.04. The fourth-order valence-corrected chi connectivity index (χ4v) is 4.28. The zero-order valence-corrected chi connectivity index (χ0v) is 17.6. The molecule has 1 fully saturated rings. The average Bonchev–Trinajstić information content (AvgIpc) is 3.19. The maximum absolute atomic E-state index is 12.7. The lowest BCUT2D eigenvalue weighted by Crippen LogP contribution is -2.38. The van der Waals surface area contributed by atoms with Crippen molar-refractivity contribution in [2.24, 2.45) is 0 Å². The topological polar surface area (TPSA) is 100 Å². The summed E-state index contributed by atoms with van der Waals surface area (Å²) in [7, 11) is 0. The molecular weight excluding hydrogens is 418 g/mol. The van der Waals surface area contributed by atoms with Crippen LogP contribution in [0.3, 0.4) is 0 Å². The molecule has 1 saturated heterocycles. The maximum atomic E-state index is 12.7. The van der Waals surface area contributed by atoms with Gasteiger partial charge in [0.1, 0.15) is 12.4 Å². The molecule has 0 aliphatic carbocycles. The number of ether oxygens (including phenoxy) is 2. The molecule has 2 amide bonds. The number of para-hydroxylation sites is 2. The Morgan fingerprint density at radius 2 is 1.81 bits per heavy atom. The quantitative estimate of drug-likeness (QED) is 0.513. The van der Waals surface area contributed by atoms with Crippen LogP contribution in [-0.2, 0) is 4.74 Å². The number of carbonyl (C=O) groups is 2. The third-order valence-electron chi connectivity index (χ3n) is 4.91. The van der Waals surface area contributed by atoms with Gasteiger partial charge in [0.2, 0.25) is 0 Å². The van der Waals surface area contributed by atoms with Gasteiger partial charge >= 0.3 is 6.09 Å². The molecule has 0 radical (unpaired) electrons. The number of carbonyl (C=O) groups excluding carboxylic acids is 1. The molecule has 0 bridgehead atoms. The first-order valence-corrected chi connectivity index (χ1v) is 10.8. The summed E-state index contributed by atoms with van der Waals surface area (Å²) in [6, 6.07) is 14.3. The Bertz CT molecular complexity index is 1080. The summed E-state index contributed by atoms with van der Waals surface area (Å²) in [6.07, 6.45) is -1.19. The molecule has 8 nitrogen and oxygen atoms in total. The summed E-state index contributed by atoms with van der Waals surface area (Å²) in [5, 5.41) is 14.9. The molecule has 2 aromatic carbocycles. The highest BCUT2D eigenvalue weighted by atomic mass is 32.1. The van der Waals surface area contributed by atoms with Crippen LogP contribution in [0.2, 0.25) is 0 Å². The van der Waals surface area contributed by atoms with Crippen molar-refractivity contribution in [3.63, 3.8) is 0 Å². The summed E-state index contributed by atoms with van der Waals surface area (Å²) in [6.45, 7) is 4.83. The minimum absolute atomic E-state index is 0.296. The van der Waals surface area contributed by atoms with E-state index in [1.165, 1.54) is 11.3 Å². The van der Waals surface area contributed by atoms with Gasteiger partial charge in [-0.3, -0.25) is 15.0 Å². The fourth-order valence-electron chi connectivity index (χ4n) is 3.34. The van der Waals surface area contributed by atoms with Crippen molar-refractivity contribution in [2.45, 2.75) is 0 Å². The van der Waals surface area contributed by atoms with Crippen LogP contribution in [-0.4, -0.2) is 61.5 Å². The van der Waals surface area contributed by atoms with Crippen LogP contribution in [0.1, 0.15) is 9.67 Å². The predicted octanol–water partition coefficient (Wildman–Crippen LogP) is 3.95. The number of rotatable bonds is 7. The third-order valence-corrected chi connectivity index (χ3v) is 6.02. The standard InChI is InChI=1S/C22H23N3O5S/c26-21(23-17-3-1-2-4-18(17)24-22(27)28)20-14-15-13-16(5-6-19(15)31-20)30-12-9-25-7-10-29-11-8-25/h1-6,13-14,24H,7-12H2,(H,23,26)(H,27,28). The van der Waals surface area contributed by atoms with E-state index >= 15 is 0 Å². The van der Waals surface area contributed by atoms with E-state index in [1.807, 2.05) is 24.3 Å². The van der Waals surface area contributed by atoms with Gasteiger partial charge in [-0.2, -0.15) is 0 Å². The number of nitrogens with one attached hydrogen (secondary N) is 2. The summed E-state index contributed by atoms with van der Waals surface area (Å²) >= 11 is 1.37. The second-order valence-corrected chi connectivity index (χ2v) is 8.13. The SMILES string of the molecule is O=C(O)Nc1ccccc1NC(=O)c1cc2cc(OCCN3CCOCC3)ccc2s1. The number of morpholine rings is 1. The highest BCUT2D eigenvalue weighted by Gasteiger charge is 2.14. The van der Waals surface area contributed by atoms with Gasteiger partial charge in [-0.25, -0.2) is 4.79 Å². The smallest absolute Gasteiger partial charge is 0.409 e. The number of hydrogen-bond acceptors (Lipinski definition) is 6. The summed E-state index contributed by atoms with van der Waals surface area (Å²) < 4.78 is 12.2. The molecule has 0 atom stereocenters. The number of carboxylic acid groups (broad SMARTS) is 1. The molecule has 31 heavy (non-hydrogen) atoms. The second kappa shape index (κ2) is 9.78. The van der Waals surface area contributed by atoms with Gasteiger partial charge in [-0.1, -0.05) is 12.1 Å². The number of amides is 2. The molecule has 9 heteroatoms. The number of benzene rings is 2. The van der Waals surface area contributed by atoms with Crippen molar-refractivity contribution < 1.29 is 24.2 Å². The molecule has 0 saturated carbocycles. The summed E-state index contributed by atoms with van der Waals surface area (Å²) in [4.78, 5) is 26.5. The van der Waals surface area contributed by atoms with Gasteiger partial charge in [0.25, 0.3) is 5.91 Å². The first kappa shape index (κ1) is 21.1. The minimum Gasteiger partial charge on any atom is -0.492 e. The highest BCUT2D eigenvalue weighted by Crippen LogP contribution is 2.30. The van der Waals surface area contributed by atoms with Crippen LogP contribution in [0.15, 0.2) is 48.5 Å². The van der Waals surface area contributed by atoms with Crippen LogP contribution in [0.25, 0.3) is 10.1 Å². The van der Waals surface area contributed by atoms with Gasteiger partial charge < -0.3 is 19.9 Å². The number of nitrogens with zero attached hydrogens (tertiary/aromatic N) is 1. The normalized spacial score (nSPS) is 14.3. The molecule has 0 spiro atoms. The van der Waals surface area contributed by atoms with Crippen molar-refractivity contribution in [1.29, 1.82) is 0 Å². The zero-order chi connectivity index (χ0) is 21.6. The molecule has 3 N–H and O–H groups in total. The summed E-state index contributed by atoms with van der Waals surface area (Å²) in [5.74, 6) is 0.470. The molecule has 3 aromatic rings. The van der Waals surface area contributed by atoms with E-state index in [2.05, 4.69) is 15.5 Å². The van der Waals surface area contributed by atoms with Crippen LogP contribution in [0.4, 0.5) is 16.2 Å². The van der Waals surface area contributed by atoms with Gasteiger partial charge in [0.05, 0.1) is 29.5 Å². The van der Waals surface area contributed by atoms with E-state index in [9.17, 15) is 9.59 Å². The Kier molecular flexibility index (Phi) is 6.66. The van der Waals surface area contributed by atoms with Crippen LogP contribution in [0, 0.1) is 0 Å². The first-order chi connectivity index (χ1) is 15.1. The predicted molar refractivity (Wildman–Crippen MR) is 121 cm³/mol. The number of hydrogen-bond donors (Lipinski definition) is 3. The largest absolute Gasteiger partial charge is 0.492 e. The third kappa shape index (κ3) is 5.52. The molecule has 4 rings (SSSR count). The number of anilines is 2. The Morgan fingerprint density at radius 3 is 2.55 bits per heavy atom. The molecule has 0 unspecified atom stereocenters. The van der Waals surface area contributed by atoms with Crippen molar-refractivity contribution in [3.05, 3.63) is 53.4 Å². The van der Waals surface area contributed by atoms with E-state index < -0.39 is 6.09 Å². The Labute approximate surface area is 183 Å². The fraction of sp³-hybridized carbons (Fsp3) is 0.273. The van der Waals surface area contributed by atoms with Crippen molar-refractivity contribution in [2.75, 3.05) is 50.1 Å². The minimum atomic E-state index is -1.19. The van der Waals surface area contributed by atoms with Crippen LogP contribution >= 0.6 is 11.3 Å². The summed E-state index contributed by atoms with van der Waals surface area (Å²) in [5.41, 5.74) is 0.722. The molecular formula is C22H23N3O5S. The van der Waals surface area contributed by atoms with E-state index in [-0.39, 0.29) is 5.91 Å². The van der Waals surface area contributed by atoms with E-state index in [4.69, 9.17) is 14.6 Å². The van der Waals surface area contributed by atoms with E-state index in [0.29, 0.717) is 22.9 Å². The van der Waals surface area contributed by atoms with Gasteiger partial charge in [0, 0.05) is 24.3 Å². The van der Waals surface area contributed by atoms with E-state index in [0.717, 1.165) is 48.7 Å². The van der Waals surface area contributed by atoms with Gasteiger partial charge in [-0.05, 0) is 41.8 Å². The van der Waals surface area contributed by atoms with E-state index in [1.54, 1.807) is 24.3 Å². The molecule has 2 heterocycles. The maximum Gasteiger partial charge on any atom is 0.409 e. The number of thiophene rings is 1. The lowest BCUT2D eigenvalue weighted by molar-refractivity contribution is 0.0322. The highest BCUT2D eigenvalue weighted by molar-refractivity contribution is 7.20. The van der Waals surface area contributed by atoms with Crippen LogP contribution in [0.5, 0.6) is 5.75 Å². The first-order valence-electron chi connectivity index (χ1n) is 9.95. The monoisotopic (exact) mass is 441 g/mol. The Balaban J connectivity index is 1.40. The van der Waals surface area contributed by atoms with Crippen molar-refractivity contribution >= 4 is 44.8 Å². The molecule has 162 valence electrons. The average molecular weight is 442 g/mol. The Morgan fingerprint density at radius 1 is 1.06 bits per heavy atom. The van der Waals surface area contributed by atoms with Gasteiger partial charge in [0.15, 0.2) is 0 Å². The number of fused-ring (bicyclic) bond motifs is 1. The van der Waals surface area contributed by atoms with Crippen molar-refractivity contribution in [3.8, 4) is 5.75 Å². The zero-order valence-electron chi connectivity index (χ0n) is 16.8. The van der Waals surface area contributed by atoms with Gasteiger partial charge in [-0.15, -0.1) is 11.3 Å². The lowest BCUT2D eigenvalue weighted by atomic mass is 10.2. The molecule has 1 aliphatic heterocycles. The Hall–Kier alpha value is -3.14. The molecule has 1 aliphatic rings. The molecule has 1 aromatic heterocycles. The van der Waals surface area contributed by atoms with Crippen LogP contribution < -0.4 is 15.4 Å².